The molecule has 1 aliphatic rings. The lowest BCUT2D eigenvalue weighted by molar-refractivity contribution is -0.126. The molecule has 0 saturated carbocycles. The van der Waals surface area contributed by atoms with Gasteiger partial charge in [-0.15, -0.1) is 0 Å². The van der Waals surface area contributed by atoms with Gasteiger partial charge in [0.1, 0.15) is 5.78 Å². The predicted molar refractivity (Wildman–Crippen MR) is 71.6 cm³/mol. The monoisotopic (exact) mass is 265 g/mol. The summed E-state index contributed by atoms with van der Waals surface area (Å²) < 4.78 is 18.5. The molecule has 1 aromatic rings. The molecule has 0 aromatic heterocycles. The number of hydrogen-bond donors (Lipinski definition) is 0. The summed E-state index contributed by atoms with van der Waals surface area (Å²) in [6.07, 6.45) is 1.49. The Labute approximate surface area is 113 Å². The van der Waals surface area contributed by atoms with Crippen LogP contribution < -0.4 is 4.74 Å². The van der Waals surface area contributed by atoms with Gasteiger partial charge in [0.15, 0.2) is 11.6 Å². The average molecular weight is 265 g/mol. The van der Waals surface area contributed by atoms with Crippen molar-refractivity contribution in [2.75, 3.05) is 20.2 Å². The van der Waals surface area contributed by atoms with E-state index < -0.39 is 0 Å². The van der Waals surface area contributed by atoms with E-state index in [1.54, 1.807) is 6.07 Å². The largest absolute Gasteiger partial charge is 0.494 e. The van der Waals surface area contributed by atoms with Crippen molar-refractivity contribution in [3.05, 3.63) is 29.6 Å². The summed E-state index contributed by atoms with van der Waals surface area (Å²) in [5.41, 5.74) is 0.919. The third kappa shape index (κ3) is 3.32. The Morgan fingerprint density at radius 1 is 1.47 bits per heavy atom. The molecule has 1 aromatic carbocycles. The number of nitrogens with zero attached hydrogens (tertiary/aromatic N) is 1. The summed E-state index contributed by atoms with van der Waals surface area (Å²) >= 11 is 0. The summed E-state index contributed by atoms with van der Waals surface area (Å²) in [5, 5.41) is 0. The van der Waals surface area contributed by atoms with Crippen LogP contribution in [0.25, 0.3) is 0 Å². The van der Waals surface area contributed by atoms with Crippen LogP contribution in [0.3, 0.4) is 0 Å². The topological polar surface area (TPSA) is 29.5 Å². The lowest BCUT2D eigenvalue weighted by atomic mass is 9.94. The van der Waals surface area contributed by atoms with Crippen molar-refractivity contribution in [1.29, 1.82) is 0 Å². The predicted octanol–water partition coefficient (Wildman–Crippen LogP) is 2.64. The minimum Gasteiger partial charge on any atom is -0.494 e. The molecule has 1 heterocycles. The van der Waals surface area contributed by atoms with E-state index in [0.29, 0.717) is 18.7 Å². The van der Waals surface area contributed by atoms with Crippen molar-refractivity contribution >= 4 is 5.78 Å². The third-order valence-corrected chi connectivity index (χ3v) is 3.72. The first kappa shape index (κ1) is 14.0. The van der Waals surface area contributed by atoms with Crippen molar-refractivity contribution in [1.82, 2.24) is 4.90 Å². The van der Waals surface area contributed by atoms with Gasteiger partial charge in [0.2, 0.25) is 0 Å². The second-order valence-electron chi connectivity index (χ2n) is 5.03. The second-order valence-corrected chi connectivity index (χ2v) is 5.03. The molecule has 1 atom stereocenters. The van der Waals surface area contributed by atoms with Crippen LogP contribution in [0.15, 0.2) is 18.2 Å². The Balaban J connectivity index is 2.01. The first-order valence-corrected chi connectivity index (χ1v) is 6.71. The second kappa shape index (κ2) is 6.15. The van der Waals surface area contributed by atoms with Gasteiger partial charge in [-0.1, -0.05) is 13.0 Å². The van der Waals surface area contributed by atoms with Gasteiger partial charge >= 0.3 is 0 Å². The molecule has 1 fully saturated rings. The van der Waals surface area contributed by atoms with Crippen LogP contribution in [0.2, 0.25) is 0 Å². The van der Waals surface area contributed by atoms with Crippen LogP contribution in [-0.2, 0) is 11.3 Å². The molecule has 1 unspecified atom stereocenters. The van der Waals surface area contributed by atoms with Gasteiger partial charge in [-0.05, 0) is 24.1 Å². The Bertz CT molecular complexity index is 461. The number of methoxy groups -OCH3 is 1. The molecule has 104 valence electrons. The van der Waals surface area contributed by atoms with E-state index in [0.717, 1.165) is 25.1 Å². The number of hydrogen-bond acceptors (Lipinski definition) is 3. The van der Waals surface area contributed by atoms with E-state index in [1.165, 1.54) is 13.2 Å². The number of halogens is 1. The molecule has 0 N–H and O–H groups in total. The van der Waals surface area contributed by atoms with Gasteiger partial charge in [0, 0.05) is 32.0 Å². The Morgan fingerprint density at radius 2 is 2.26 bits per heavy atom. The molecule has 2 rings (SSSR count). The highest BCUT2D eigenvalue weighted by Gasteiger charge is 2.25. The van der Waals surface area contributed by atoms with Gasteiger partial charge < -0.3 is 4.74 Å². The fraction of sp³-hybridized carbons (Fsp3) is 0.533. The highest BCUT2D eigenvalue weighted by atomic mass is 19.1. The van der Waals surface area contributed by atoms with E-state index in [2.05, 4.69) is 4.90 Å². The van der Waals surface area contributed by atoms with Crippen LogP contribution in [0.1, 0.15) is 25.3 Å². The lowest BCUT2D eigenvalue weighted by Crippen LogP contribution is -2.40. The number of Topliss-reactive ketones (excluding diaryl/α,β-unsaturated/α-hetero) is 1. The number of likely N-dealkylation sites (tertiary alicyclic amines) is 1. The molecule has 19 heavy (non-hydrogen) atoms. The van der Waals surface area contributed by atoms with Gasteiger partial charge in [0.25, 0.3) is 0 Å². The molecule has 0 radical (unpaired) electrons. The van der Waals surface area contributed by atoms with Gasteiger partial charge in [-0.3, -0.25) is 9.69 Å². The zero-order chi connectivity index (χ0) is 13.8. The highest BCUT2D eigenvalue weighted by Crippen LogP contribution is 2.21. The molecule has 0 bridgehead atoms. The molecule has 0 spiro atoms. The summed E-state index contributed by atoms with van der Waals surface area (Å²) in [7, 11) is 1.46. The molecule has 1 saturated heterocycles. The number of carbonyl (C=O) groups is 1. The van der Waals surface area contributed by atoms with Crippen LogP contribution in [0.5, 0.6) is 5.75 Å². The molecule has 0 aliphatic carbocycles. The zero-order valence-electron chi connectivity index (χ0n) is 11.5. The van der Waals surface area contributed by atoms with E-state index in [-0.39, 0.29) is 17.5 Å². The smallest absolute Gasteiger partial charge is 0.165 e. The average Bonchev–Trinajstić information content (AvgIpc) is 2.41. The SMILES string of the molecule is CCC1CN(Cc2ccc(OC)c(F)c2)CCC1=O. The summed E-state index contributed by atoms with van der Waals surface area (Å²) in [6, 6.07) is 5.03. The van der Waals surface area contributed by atoms with Crippen molar-refractivity contribution in [2.24, 2.45) is 5.92 Å². The fourth-order valence-corrected chi connectivity index (χ4v) is 2.54. The molecule has 3 nitrogen and oxygen atoms in total. The third-order valence-electron chi connectivity index (χ3n) is 3.72. The number of benzene rings is 1. The van der Waals surface area contributed by atoms with Crippen molar-refractivity contribution in [2.45, 2.75) is 26.3 Å². The highest BCUT2D eigenvalue weighted by molar-refractivity contribution is 5.82. The standard InChI is InChI=1S/C15H20FNO2/c1-3-12-10-17(7-6-14(12)18)9-11-4-5-15(19-2)13(16)8-11/h4-5,8,12H,3,6-7,9-10H2,1-2H3. The summed E-state index contributed by atoms with van der Waals surface area (Å²) in [4.78, 5) is 13.9. The molecular formula is C15H20FNO2. The van der Waals surface area contributed by atoms with E-state index >= 15 is 0 Å². The maximum absolute atomic E-state index is 13.6. The quantitative estimate of drug-likeness (QED) is 0.838. The van der Waals surface area contributed by atoms with Crippen LogP contribution in [-0.4, -0.2) is 30.9 Å². The van der Waals surface area contributed by atoms with E-state index in [4.69, 9.17) is 4.74 Å². The maximum Gasteiger partial charge on any atom is 0.165 e. The fourth-order valence-electron chi connectivity index (χ4n) is 2.54. The van der Waals surface area contributed by atoms with Gasteiger partial charge in [-0.2, -0.15) is 0 Å². The maximum atomic E-state index is 13.6. The van der Waals surface area contributed by atoms with Crippen LogP contribution >= 0.6 is 0 Å². The summed E-state index contributed by atoms with van der Waals surface area (Å²) in [5.74, 6) is 0.431. The van der Waals surface area contributed by atoms with Crippen molar-refractivity contribution < 1.29 is 13.9 Å². The minimum absolute atomic E-state index is 0.136. The molecule has 0 amide bonds. The lowest BCUT2D eigenvalue weighted by Gasteiger charge is -2.31. The first-order chi connectivity index (χ1) is 9.13. The number of carbonyl (C=O) groups excluding carboxylic acids is 1. The number of ether oxygens (including phenoxy) is 1. The normalized spacial score (nSPS) is 20.6. The van der Waals surface area contributed by atoms with Crippen molar-refractivity contribution in [3.8, 4) is 5.75 Å². The molecule has 1 aliphatic heterocycles. The first-order valence-electron chi connectivity index (χ1n) is 6.71. The summed E-state index contributed by atoms with van der Waals surface area (Å²) in [6.45, 7) is 4.27. The van der Waals surface area contributed by atoms with Gasteiger partial charge in [0.05, 0.1) is 7.11 Å². The van der Waals surface area contributed by atoms with Crippen LogP contribution in [0.4, 0.5) is 4.39 Å². The van der Waals surface area contributed by atoms with Gasteiger partial charge in [-0.25, -0.2) is 4.39 Å². The molecule has 4 heteroatoms. The van der Waals surface area contributed by atoms with E-state index in [9.17, 15) is 9.18 Å². The van der Waals surface area contributed by atoms with Crippen LogP contribution in [0, 0.1) is 11.7 Å². The van der Waals surface area contributed by atoms with E-state index in [1.807, 2.05) is 13.0 Å². The zero-order valence-corrected chi connectivity index (χ0v) is 11.5. The Hall–Kier alpha value is -1.42. The number of ketones is 1. The van der Waals surface area contributed by atoms with Crippen molar-refractivity contribution in [3.63, 3.8) is 0 Å². The number of rotatable bonds is 4. The minimum atomic E-state index is -0.333. The number of piperidine rings is 1. The Morgan fingerprint density at radius 3 is 2.89 bits per heavy atom. The Kier molecular flexibility index (Phi) is 4.53. The molecular weight excluding hydrogens is 245 g/mol.